The number of urea groups is 1. The highest BCUT2D eigenvalue weighted by Gasteiger charge is 2.27. The summed E-state index contributed by atoms with van der Waals surface area (Å²) in [5.74, 6) is -0.544. The van der Waals surface area contributed by atoms with E-state index in [9.17, 15) is 14.7 Å². The van der Waals surface area contributed by atoms with Gasteiger partial charge in [0.1, 0.15) is 6.04 Å². The highest BCUT2D eigenvalue weighted by atomic mass is 16.4. The molecular formula is C15H29N3O3. The molecule has 2 amide bonds. The van der Waals surface area contributed by atoms with Crippen molar-refractivity contribution in [3.05, 3.63) is 0 Å². The van der Waals surface area contributed by atoms with E-state index in [4.69, 9.17) is 0 Å². The molecule has 0 aromatic rings. The first-order valence-electron chi connectivity index (χ1n) is 7.78. The number of hydrogen-bond donors (Lipinski definition) is 2. The molecule has 1 unspecified atom stereocenters. The van der Waals surface area contributed by atoms with Gasteiger partial charge in [0.2, 0.25) is 0 Å². The van der Waals surface area contributed by atoms with Crippen LogP contribution >= 0.6 is 0 Å². The predicted molar refractivity (Wildman–Crippen MR) is 82.3 cm³/mol. The molecule has 2 N–H and O–H groups in total. The fraction of sp³-hybridized carbons (Fsp3) is 0.867. The van der Waals surface area contributed by atoms with Gasteiger partial charge in [-0.1, -0.05) is 20.3 Å². The van der Waals surface area contributed by atoms with Gasteiger partial charge in [0.25, 0.3) is 0 Å². The van der Waals surface area contributed by atoms with Gasteiger partial charge in [-0.25, -0.2) is 9.59 Å². The summed E-state index contributed by atoms with van der Waals surface area (Å²) in [5.41, 5.74) is 0. The lowest BCUT2D eigenvalue weighted by Gasteiger charge is -2.32. The first kappa shape index (κ1) is 17.8. The summed E-state index contributed by atoms with van der Waals surface area (Å²) in [6, 6.07) is -1.11. The SMILES string of the molecule is CCC(C)[C@H](NC(=O)N(C)CC1CCN(C)CC1)C(=O)O. The molecule has 1 rings (SSSR count). The highest BCUT2D eigenvalue weighted by Crippen LogP contribution is 2.17. The fourth-order valence-electron chi connectivity index (χ4n) is 2.64. The van der Waals surface area contributed by atoms with Crippen molar-refractivity contribution in [3.8, 4) is 0 Å². The van der Waals surface area contributed by atoms with Gasteiger partial charge in [0.15, 0.2) is 0 Å². The molecule has 0 aromatic carbocycles. The summed E-state index contributed by atoms with van der Waals surface area (Å²) < 4.78 is 0. The van der Waals surface area contributed by atoms with Gasteiger partial charge in [-0.3, -0.25) is 0 Å². The van der Waals surface area contributed by atoms with Crippen LogP contribution in [0.5, 0.6) is 0 Å². The minimum absolute atomic E-state index is 0.0804. The van der Waals surface area contributed by atoms with Crippen molar-refractivity contribution in [2.45, 2.75) is 39.2 Å². The number of aliphatic carboxylic acids is 1. The molecule has 0 spiro atoms. The molecule has 0 bridgehead atoms. The number of carboxylic acid groups (broad SMARTS) is 1. The van der Waals surface area contributed by atoms with E-state index in [0.717, 1.165) is 32.4 Å². The fourth-order valence-corrected chi connectivity index (χ4v) is 2.64. The van der Waals surface area contributed by atoms with Gasteiger partial charge in [-0.2, -0.15) is 0 Å². The molecule has 0 radical (unpaired) electrons. The minimum Gasteiger partial charge on any atom is -0.480 e. The van der Waals surface area contributed by atoms with Gasteiger partial charge < -0.3 is 20.2 Å². The van der Waals surface area contributed by atoms with Crippen LogP contribution in [-0.4, -0.2) is 66.7 Å². The number of nitrogens with one attached hydrogen (secondary N) is 1. The zero-order chi connectivity index (χ0) is 16.0. The molecule has 122 valence electrons. The normalized spacial score (nSPS) is 19.8. The first-order valence-corrected chi connectivity index (χ1v) is 7.78. The second-order valence-corrected chi connectivity index (χ2v) is 6.28. The van der Waals surface area contributed by atoms with Crippen LogP contribution in [0.3, 0.4) is 0 Å². The molecule has 0 aromatic heterocycles. The van der Waals surface area contributed by atoms with Crippen molar-refractivity contribution in [1.82, 2.24) is 15.1 Å². The summed E-state index contributed by atoms with van der Waals surface area (Å²) in [7, 11) is 3.85. The minimum atomic E-state index is -0.967. The molecule has 21 heavy (non-hydrogen) atoms. The number of piperidine rings is 1. The maximum atomic E-state index is 12.2. The summed E-state index contributed by atoms with van der Waals surface area (Å²) in [6.07, 6.45) is 2.89. The maximum Gasteiger partial charge on any atom is 0.326 e. The Morgan fingerprint density at radius 2 is 1.95 bits per heavy atom. The number of carboxylic acids is 1. The number of carbonyl (C=O) groups is 2. The Hall–Kier alpha value is -1.30. The maximum absolute atomic E-state index is 12.2. The lowest BCUT2D eigenvalue weighted by atomic mass is 9.96. The zero-order valence-electron chi connectivity index (χ0n) is 13.6. The first-order chi connectivity index (χ1) is 9.85. The second-order valence-electron chi connectivity index (χ2n) is 6.28. The summed E-state index contributed by atoms with van der Waals surface area (Å²) in [6.45, 7) is 6.58. The van der Waals surface area contributed by atoms with Crippen LogP contribution in [0.1, 0.15) is 33.1 Å². The number of likely N-dealkylation sites (tertiary alicyclic amines) is 1. The quantitative estimate of drug-likeness (QED) is 0.779. The molecule has 1 saturated heterocycles. The van der Waals surface area contributed by atoms with Crippen LogP contribution in [0.2, 0.25) is 0 Å². The summed E-state index contributed by atoms with van der Waals surface area (Å²) >= 11 is 0. The van der Waals surface area contributed by atoms with E-state index in [1.165, 1.54) is 0 Å². The van der Waals surface area contributed by atoms with Crippen LogP contribution in [0.25, 0.3) is 0 Å². The van der Waals surface area contributed by atoms with Crippen LogP contribution < -0.4 is 5.32 Å². The van der Waals surface area contributed by atoms with Crippen molar-refractivity contribution in [2.75, 3.05) is 33.7 Å². The topological polar surface area (TPSA) is 72.9 Å². The van der Waals surface area contributed by atoms with E-state index >= 15 is 0 Å². The van der Waals surface area contributed by atoms with Crippen molar-refractivity contribution in [2.24, 2.45) is 11.8 Å². The van der Waals surface area contributed by atoms with E-state index in [2.05, 4.69) is 17.3 Å². The lowest BCUT2D eigenvalue weighted by Crippen LogP contribution is -2.50. The molecule has 0 saturated carbocycles. The molecule has 1 heterocycles. The smallest absolute Gasteiger partial charge is 0.326 e. The number of nitrogens with zero attached hydrogens (tertiary/aromatic N) is 2. The number of hydrogen-bond acceptors (Lipinski definition) is 3. The number of carbonyl (C=O) groups excluding carboxylic acids is 1. The highest BCUT2D eigenvalue weighted by molar-refractivity contribution is 5.82. The third-order valence-corrected chi connectivity index (χ3v) is 4.47. The average molecular weight is 299 g/mol. The average Bonchev–Trinajstić information content (AvgIpc) is 2.45. The van der Waals surface area contributed by atoms with Crippen LogP contribution in [-0.2, 0) is 4.79 Å². The van der Waals surface area contributed by atoms with Gasteiger partial charge in [0, 0.05) is 13.6 Å². The van der Waals surface area contributed by atoms with Crippen molar-refractivity contribution in [3.63, 3.8) is 0 Å². The molecule has 6 nitrogen and oxygen atoms in total. The van der Waals surface area contributed by atoms with E-state index in [-0.39, 0.29) is 11.9 Å². The molecule has 1 aliphatic heterocycles. The summed E-state index contributed by atoms with van der Waals surface area (Å²) in [5, 5.41) is 11.9. The predicted octanol–water partition coefficient (Wildman–Crippen LogP) is 1.47. The molecule has 6 heteroatoms. The van der Waals surface area contributed by atoms with Gasteiger partial charge >= 0.3 is 12.0 Å². The largest absolute Gasteiger partial charge is 0.480 e. The lowest BCUT2D eigenvalue weighted by molar-refractivity contribution is -0.140. The third kappa shape index (κ3) is 5.53. The van der Waals surface area contributed by atoms with Crippen LogP contribution in [0, 0.1) is 11.8 Å². The third-order valence-electron chi connectivity index (χ3n) is 4.47. The molecule has 2 atom stereocenters. The number of rotatable bonds is 6. The second kappa shape index (κ2) is 8.22. The molecule has 1 fully saturated rings. The number of amides is 2. The van der Waals surface area contributed by atoms with E-state index in [1.807, 2.05) is 13.8 Å². The van der Waals surface area contributed by atoms with Crippen LogP contribution in [0.4, 0.5) is 4.79 Å². The van der Waals surface area contributed by atoms with Crippen molar-refractivity contribution in [1.29, 1.82) is 0 Å². The monoisotopic (exact) mass is 299 g/mol. The molecule has 0 aliphatic carbocycles. The Morgan fingerprint density at radius 1 is 1.38 bits per heavy atom. The molecular weight excluding hydrogens is 270 g/mol. The van der Waals surface area contributed by atoms with Gasteiger partial charge in [-0.15, -0.1) is 0 Å². The van der Waals surface area contributed by atoms with Gasteiger partial charge in [-0.05, 0) is 44.8 Å². The zero-order valence-corrected chi connectivity index (χ0v) is 13.6. The molecule has 1 aliphatic rings. The van der Waals surface area contributed by atoms with Gasteiger partial charge in [0.05, 0.1) is 0 Å². The van der Waals surface area contributed by atoms with E-state index in [1.54, 1.807) is 11.9 Å². The van der Waals surface area contributed by atoms with E-state index < -0.39 is 12.0 Å². The summed E-state index contributed by atoms with van der Waals surface area (Å²) in [4.78, 5) is 27.3. The van der Waals surface area contributed by atoms with Crippen molar-refractivity contribution < 1.29 is 14.7 Å². The van der Waals surface area contributed by atoms with E-state index in [0.29, 0.717) is 12.5 Å². The Bertz CT molecular complexity index is 354. The van der Waals surface area contributed by atoms with Crippen molar-refractivity contribution >= 4 is 12.0 Å². The van der Waals surface area contributed by atoms with Crippen LogP contribution in [0.15, 0.2) is 0 Å². The Morgan fingerprint density at radius 3 is 2.43 bits per heavy atom. The Kier molecular flexibility index (Phi) is 6.95. The Balaban J connectivity index is 2.47. The standard InChI is InChI=1S/C15H29N3O3/c1-5-11(2)13(14(19)20)16-15(21)18(4)10-12-6-8-17(3)9-7-12/h11-13H,5-10H2,1-4H3,(H,16,21)(H,19,20)/t11?,13-/m0/s1. The Labute approximate surface area is 127 Å².